The largest absolute Gasteiger partial charge is 0.367 e. The summed E-state index contributed by atoms with van der Waals surface area (Å²) in [6.45, 7) is 3.80. The van der Waals surface area contributed by atoms with Gasteiger partial charge in [-0.15, -0.1) is 24.0 Å². The van der Waals surface area contributed by atoms with Gasteiger partial charge in [0.25, 0.3) is 0 Å². The number of rotatable bonds is 5. The maximum Gasteiger partial charge on any atom is 0.191 e. The highest BCUT2D eigenvalue weighted by Gasteiger charge is 2.32. The highest BCUT2D eigenvalue weighted by atomic mass is 127. The molecule has 3 N–H and O–H groups in total. The van der Waals surface area contributed by atoms with Crippen LogP contribution in [0.3, 0.4) is 0 Å². The third-order valence-electron chi connectivity index (χ3n) is 2.94. The lowest BCUT2D eigenvalue weighted by Gasteiger charge is -2.11. The van der Waals surface area contributed by atoms with Crippen LogP contribution in [-0.4, -0.2) is 42.1 Å². The molecule has 1 aromatic heterocycles. The summed E-state index contributed by atoms with van der Waals surface area (Å²) in [6.07, 6.45) is 6.27. The van der Waals surface area contributed by atoms with Gasteiger partial charge in [-0.25, -0.2) is 4.98 Å². The Morgan fingerprint density at radius 3 is 2.79 bits per heavy atom. The predicted molar refractivity (Wildman–Crippen MR) is 88.0 cm³/mol. The topological polar surface area (TPSA) is 74.2 Å². The lowest BCUT2D eigenvalue weighted by atomic mass is 10.5. The number of aromatic nitrogens is 2. The fraction of sp³-hybridized carbons (Fsp3) is 0.583. The number of nitrogens with zero attached hydrogens (tertiary/aromatic N) is 3. The van der Waals surface area contributed by atoms with Crippen molar-refractivity contribution in [3.63, 3.8) is 0 Å². The molecular formula is C12H21IN6. The Hall–Kier alpha value is -1.12. The first-order valence-corrected chi connectivity index (χ1v) is 6.26. The normalized spacial score (nSPS) is 21.3. The first-order chi connectivity index (χ1) is 8.79. The molecule has 1 aromatic rings. The lowest BCUT2D eigenvalue weighted by Crippen LogP contribution is -2.41. The fourth-order valence-corrected chi connectivity index (χ4v) is 1.66. The molecule has 1 saturated carbocycles. The number of nitrogens with one attached hydrogen (secondary N) is 3. The van der Waals surface area contributed by atoms with Gasteiger partial charge in [-0.2, -0.15) is 0 Å². The molecule has 0 aliphatic heterocycles. The van der Waals surface area contributed by atoms with Crippen LogP contribution in [0, 0.1) is 5.92 Å². The van der Waals surface area contributed by atoms with Crippen LogP contribution in [0.15, 0.2) is 23.6 Å². The van der Waals surface area contributed by atoms with Gasteiger partial charge < -0.3 is 16.0 Å². The van der Waals surface area contributed by atoms with Gasteiger partial charge in [-0.05, 0) is 12.3 Å². The zero-order valence-electron chi connectivity index (χ0n) is 11.3. The molecule has 2 atom stereocenters. The molecule has 7 heteroatoms. The van der Waals surface area contributed by atoms with Gasteiger partial charge in [0.05, 0.1) is 6.20 Å². The van der Waals surface area contributed by atoms with Gasteiger partial charge in [-0.1, -0.05) is 6.92 Å². The predicted octanol–water partition coefficient (Wildman–Crippen LogP) is 1.08. The summed E-state index contributed by atoms with van der Waals surface area (Å²) >= 11 is 0. The molecule has 0 bridgehead atoms. The van der Waals surface area contributed by atoms with Gasteiger partial charge in [0, 0.05) is 38.6 Å². The number of aliphatic imine (C=N–C) groups is 1. The Morgan fingerprint density at radius 1 is 1.42 bits per heavy atom. The number of halogens is 1. The second-order valence-corrected chi connectivity index (χ2v) is 4.48. The molecule has 1 fully saturated rings. The van der Waals surface area contributed by atoms with E-state index in [0.717, 1.165) is 30.8 Å². The van der Waals surface area contributed by atoms with Crippen molar-refractivity contribution in [1.82, 2.24) is 20.6 Å². The van der Waals surface area contributed by atoms with Gasteiger partial charge >= 0.3 is 0 Å². The highest BCUT2D eigenvalue weighted by molar-refractivity contribution is 14.0. The third-order valence-corrected chi connectivity index (χ3v) is 2.94. The van der Waals surface area contributed by atoms with E-state index in [1.807, 2.05) is 0 Å². The van der Waals surface area contributed by atoms with Crippen LogP contribution in [0.5, 0.6) is 0 Å². The number of hydrogen-bond acceptors (Lipinski definition) is 4. The smallest absolute Gasteiger partial charge is 0.191 e. The SMILES string of the molecule is CN=C(NCCNc1cnccn1)NC1CC1C.I. The molecule has 2 unspecified atom stereocenters. The van der Waals surface area contributed by atoms with Crippen molar-refractivity contribution in [2.75, 3.05) is 25.5 Å². The Labute approximate surface area is 130 Å². The Morgan fingerprint density at radius 2 is 2.21 bits per heavy atom. The fourth-order valence-electron chi connectivity index (χ4n) is 1.66. The first kappa shape index (κ1) is 15.9. The molecule has 6 nitrogen and oxygen atoms in total. The molecule has 0 radical (unpaired) electrons. The summed E-state index contributed by atoms with van der Waals surface area (Å²) in [5, 5.41) is 9.81. The van der Waals surface area contributed by atoms with Gasteiger partial charge in [-0.3, -0.25) is 9.98 Å². The van der Waals surface area contributed by atoms with Crippen LogP contribution in [0.25, 0.3) is 0 Å². The molecule has 1 heterocycles. The molecule has 19 heavy (non-hydrogen) atoms. The molecule has 0 spiro atoms. The number of hydrogen-bond donors (Lipinski definition) is 3. The van der Waals surface area contributed by atoms with Gasteiger partial charge in [0.1, 0.15) is 5.82 Å². The van der Waals surface area contributed by atoms with E-state index in [1.54, 1.807) is 25.6 Å². The first-order valence-electron chi connectivity index (χ1n) is 6.26. The van der Waals surface area contributed by atoms with Crippen molar-refractivity contribution in [1.29, 1.82) is 0 Å². The maximum atomic E-state index is 4.19. The molecule has 2 rings (SSSR count). The summed E-state index contributed by atoms with van der Waals surface area (Å²) in [4.78, 5) is 12.3. The maximum absolute atomic E-state index is 4.19. The van der Waals surface area contributed by atoms with Crippen LogP contribution in [0.4, 0.5) is 5.82 Å². The van der Waals surface area contributed by atoms with E-state index >= 15 is 0 Å². The van der Waals surface area contributed by atoms with Crippen LogP contribution < -0.4 is 16.0 Å². The standard InChI is InChI=1S/C12H20N6.HI/c1-9-7-10(9)18-12(13-2)17-6-5-16-11-8-14-3-4-15-11;/h3-4,8-10H,5-7H2,1-2H3,(H,15,16)(H2,13,17,18);1H. The summed E-state index contributed by atoms with van der Waals surface area (Å²) in [5.41, 5.74) is 0. The van der Waals surface area contributed by atoms with Crippen molar-refractivity contribution in [3.8, 4) is 0 Å². The van der Waals surface area contributed by atoms with Crippen molar-refractivity contribution < 1.29 is 0 Å². The van der Waals surface area contributed by atoms with E-state index in [2.05, 4.69) is 37.8 Å². The zero-order chi connectivity index (χ0) is 12.8. The highest BCUT2D eigenvalue weighted by Crippen LogP contribution is 2.28. The van der Waals surface area contributed by atoms with Crippen LogP contribution in [0.2, 0.25) is 0 Å². The van der Waals surface area contributed by atoms with Crippen molar-refractivity contribution in [2.24, 2.45) is 10.9 Å². The molecule has 0 saturated heterocycles. The van der Waals surface area contributed by atoms with Gasteiger partial charge in [0.2, 0.25) is 0 Å². The minimum absolute atomic E-state index is 0. The van der Waals surface area contributed by atoms with E-state index < -0.39 is 0 Å². The van der Waals surface area contributed by atoms with Crippen LogP contribution >= 0.6 is 24.0 Å². The number of guanidine groups is 1. The van der Waals surface area contributed by atoms with E-state index in [-0.39, 0.29) is 24.0 Å². The molecule has 0 amide bonds. The van der Waals surface area contributed by atoms with Crippen molar-refractivity contribution >= 4 is 35.8 Å². The molecule has 1 aliphatic rings. The molecule has 0 aromatic carbocycles. The Bertz CT molecular complexity index is 396. The van der Waals surface area contributed by atoms with Crippen LogP contribution in [-0.2, 0) is 0 Å². The third kappa shape index (κ3) is 5.58. The average molecular weight is 376 g/mol. The van der Waals surface area contributed by atoms with E-state index in [1.165, 1.54) is 6.42 Å². The minimum atomic E-state index is 0. The second-order valence-electron chi connectivity index (χ2n) is 4.48. The van der Waals surface area contributed by atoms with E-state index in [9.17, 15) is 0 Å². The zero-order valence-corrected chi connectivity index (χ0v) is 13.6. The lowest BCUT2D eigenvalue weighted by molar-refractivity contribution is 0.766. The van der Waals surface area contributed by atoms with Crippen LogP contribution in [0.1, 0.15) is 13.3 Å². The van der Waals surface area contributed by atoms with Crippen molar-refractivity contribution in [3.05, 3.63) is 18.6 Å². The number of anilines is 1. The van der Waals surface area contributed by atoms with E-state index in [0.29, 0.717) is 6.04 Å². The monoisotopic (exact) mass is 376 g/mol. The molecule has 1 aliphatic carbocycles. The Kier molecular flexibility index (Phi) is 6.82. The Balaban J connectivity index is 0.00000180. The average Bonchev–Trinajstić information content (AvgIpc) is 3.10. The van der Waals surface area contributed by atoms with Gasteiger partial charge in [0.15, 0.2) is 5.96 Å². The molecule has 106 valence electrons. The summed E-state index contributed by atoms with van der Waals surface area (Å²) in [6, 6.07) is 0.587. The minimum Gasteiger partial charge on any atom is -0.367 e. The summed E-state index contributed by atoms with van der Waals surface area (Å²) < 4.78 is 0. The molecular weight excluding hydrogens is 355 g/mol. The van der Waals surface area contributed by atoms with Crippen molar-refractivity contribution in [2.45, 2.75) is 19.4 Å². The van der Waals surface area contributed by atoms with E-state index in [4.69, 9.17) is 0 Å². The summed E-state index contributed by atoms with van der Waals surface area (Å²) in [5.74, 6) is 2.42. The summed E-state index contributed by atoms with van der Waals surface area (Å²) in [7, 11) is 1.79. The second kappa shape index (κ2) is 8.13. The quantitative estimate of drug-likeness (QED) is 0.311.